The Kier molecular flexibility index (Phi) is 5.63. The standard InChI is InChI=1S/C18H22FN3O3/c1-2-17(23)22-11-4-3-5-15(22)18-20-16(21-25-18)10-12-24-14-8-6-13(19)7-9-14/h6-9,15H,2-5,10-12H2,1H3. The molecule has 0 spiro atoms. The van der Waals surface area contributed by atoms with Gasteiger partial charge in [0.25, 0.3) is 0 Å². The number of carbonyl (C=O) groups is 1. The Morgan fingerprint density at radius 1 is 1.36 bits per heavy atom. The van der Waals surface area contributed by atoms with E-state index >= 15 is 0 Å². The van der Waals surface area contributed by atoms with Gasteiger partial charge in [-0.3, -0.25) is 4.79 Å². The molecule has 1 fully saturated rings. The van der Waals surface area contributed by atoms with Crippen LogP contribution in [0.2, 0.25) is 0 Å². The smallest absolute Gasteiger partial charge is 0.249 e. The fourth-order valence-electron chi connectivity index (χ4n) is 2.99. The number of aromatic nitrogens is 2. The monoisotopic (exact) mass is 347 g/mol. The van der Waals surface area contributed by atoms with Crippen LogP contribution in [0.25, 0.3) is 0 Å². The van der Waals surface area contributed by atoms with Crippen LogP contribution in [0.15, 0.2) is 28.8 Å². The minimum Gasteiger partial charge on any atom is -0.493 e. The number of nitrogens with zero attached hydrogens (tertiary/aromatic N) is 3. The molecule has 0 saturated carbocycles. The van der Waals surface area contributed by atoms with Gasteiger partial charge in [-0.15, -0.1) is 0 Å². The van der Waals surface area contributed by atoms with Crippen LogP contribution in [0.5, 0.6) is 5.75 Å². The van der Waals surface area contributed by atoms with E-state index in [-0.39, 0.29) is 17.8 Å². The molecule has 1 amide bonds. The van der Waals surface area contributed by atoms with Gasteiger partial charge in [-0.1, -0.05) is 12.1 Å². The zero-order valence-corrected chi connectivity index (χ0v) is 14.3. The number of likely N-dealkylation sites (tertiary alicyclic amines) is 1. The van der Waals surface area contributed by atoms with Crippen molar-refractivity contribution in [2.24, 2.45) is 0 Å². The molecule has 0 radical (unpaired) electrons. The highest BCUT2D eigenvalue weighted by atomic mass is 19.1. The van der Waals surface area contributed by atoms with E-state index in [0.717, 1.165) is 25.8 Å². The molecular formula is C18H22FN3O3. The number of halogens is 1. The van der Waals surface area contributed by atoms with Crippen LogP contribution in [0.4, 0.5) is 4.39 Å². The van der Waals surface area contributed by atoms with Gasteiger partial charge in [0.15, 0.2) is 5.82 Å². The second-order valence-electron chi connectivity index (χ2n) is 6.05. The lowest BCUT2D eigenvalue weighted by atomic mass is 10.0. The summed E-state index contributed by atoms with van der Waals surface area (Å²) in [5.41, 5.74) is 0. The number of piperidine rings is 1. The van der Waals surface area contributed by atoms with E-state index in [1.54, 1.807) is 12.1 Å². The third kappa shape index (κ3) is 4.35. The maximum Gasteiger partial charge on any atom is 0.249 e. The molecule has 1 atom stereocenters. The van der Waals surface area contributed by atoms with Gasteiger partial charge in [-0.25, -0.2) is 4.39 Å². The zero-order valence-electron chi connectivity index (χ0n) is 14.3. The van der Waals surface area contributed by atoms with Crippen LogP contribution >= 0.6 is 0 Å². The Hall–Kier alpha value is -2.44. The average Bonchev–Trinajstić information content (AvgIpc) is 3.11. The Morgan fingerprint density at radius 2 is 2.16 bits per heavy atom. The summed E-state index contributed by atoms with van der Waals surface area (Å²) in [6.07, 6.45) is 3.86. The van der Waals surface area contributed by atoms with E-state index in [2.05, 4.69) is 10.1 Å². The van der Waals surface area contributed by atoms with Crippen molar-refractivity contribution in [1.29, 1.82) is 0 Å². The lowest BCUT2D eigenvalue weighted by Gasteiger charge is -2.33. The van der Waals surface area contributed by atoms with Crippen molar-refractivity contribution in [2.75, 3.05) is 13.2 Å². The summed E-state index contributed by atoms with van der Waals surface area (Å²) in [4.78, 5) is 18.4. The number of hydrogen-bond acceptors (Lipinski definition) is 5. The first kappa shape index (κ1) is 17.4. The third-order valence-corrected chi connectivity index (χ3v) is 4.30. The summed E-state index contributed by atoms with van der Waals surface area (Å²) in [7, 11) is 0. The van der Waals surface area contributed by atoms with Gasteiger partial charge < -0.3 is 14.2 Å². The van der Waals surface area contributed by atoms with Crippen LogP contribution in [0, 0.1) is 5.82 Å². The molecule has 1 unspecified atom stereocenters. The summed E-state index contributed by atoms with van der Waals surface area (Å²) < 4.78 is 23.8. The van der Waals surface area contributed by atoms with E-state index < -0.39 is 0 Å². The van der Waals surface area contributed by atoms with Crippen molar-refractivity contribution in [3.8, 4) is 5.75 Å². The summed E-state index contributed by atoms with van der Waals surface area (Å²) in [6, 6.07) is 5.73. The molecule has 134 valence electrons. The zero-order chi connectivity index (χ0) is 17.6. The molecule has 1 aliphatic rings. The highest BCUT2D eigenvalue weighted by molar-refractivity contribution is 5.76. The molecular weight excluding hydrogens is 325 g/mol. The predicted molar refractivity (Wildman–Crippen MR) is 88.5 cm³/mol. The van der Waals surface area contributed by atoms with Crippen LogP contribution in [-0.4, -0.2) is 34.1 Å². The summed E-state index contributed by atoms with van der Waals surface area (Å²) in [5.74, 6) is 1.46. The van der Waals surface area contributed by atoms with Crippen molar-refractivity contribution in [2.45, 2.75) is 45.1 Å². The fourth-order valence-corrected chi connectivity index (χ4v) is 2.99. The van der Waals surface area contributed by atoms with Gasteiger partial charge in [0.1, 0.15) is 17.6 Å². The van der Waals surface area contributed by atoms with Gasteiger partial charge in [-0.05, 0) is 43.5 Å². The van der Waals surface area contributed by atoms with Crippen molar-refractivity contribution in [3.63, 3.8) is 0 Å². The molecule has 1 aromatic carbocycles. The molecule has 1 saturated heterocycles. The molecule has 25 heavy (non-hydrogen) atoms. The third-order valence-electron chi connectivity index (χ3n) is 4.30. The fraction of sp³-hybridized carbons (Fsp3) is 0.500. The lowest BCUT2D eigenvalue weighted by Crippen LogP contribution is -2.38. The number of amides is 1. The summed E-state index contributed by atoms with van der Waals surface area (Å²) >= 11 is 0. The first-order valence-electron chi connectivity index (χ1n) is 8.67. The molecule has 0 aliphatic carbocycles. The summed E-state index contributed by atoms with van der Waals surface area (Å²) in [6.45, 7) is 2.97. The largest absolute Gasteiger partial charge is 0.493 e. The highest BCUT2D eigenvalue weighted by Gasteiger charge is 2.31. The number of benzene rings is 1. The van der Waals surface area contributed by atoms with Crippen molar-refractivity contribution < 1.29 is 18.4 Å². The van der Waals surface area contributed by atoms with Gasteiger partial charge in [0.05, 0.1) is 6.61 Å². The Bertz CT molecular complexity index is 702. The number of ether oxygens (including phenoxy) is 1. The molecule has 2 heterocycles. The molecule has 3 rings (SSSR count). The van der Waals surface area contributed by atoms with E-state index in [0.29, 0.717) is 36.9 Å². The van der Waals surface area contributed by atoms with Crippen LogP contribution in [0.1, 0.15) is 50.4 Å². The predicted octanol–water partition coefficient (Wildman–Crippen LogP) is 3.29. The van der Waals surface area contributed by atoms with Crippen molar-refractivity contribution in [3.05, 3.63) is 41.8 Å². The average molecular weight is 347 g/mol. The molecule has 6 nitrogen and oxygen atoms in total. The molecule has 0 bridgehead atoms. The van der Waals surface area contributed by atoms with Crippen LogP contribution < -0.4 is 4.74 Å². The Morgan fingerprint density at radius 3 is 2.92 bits per heavy atom. The summed E-state index contributed by atoms with van der Waals surface area (Å²) in [5, 5.41) is 3.99. The van der Waals surface area contributed by atoms with Crippen molar-refractivity contribution >= 4 is 5.91 Å². The second kappa shape index (κ2) is 8.09. The first-order valence-corrected chi connectivity index (χ1v) is 8.67. The Balaban J connectivity index is 1.57. The van der Waals surface area contributed by atoms with Gasteiger partial charge in [0.2, 0.25) is 11.8 Å². The SMILES string of the molecule is CCC(=O)N1CCCCC1c1nc(CCOc2ccc(F)cc2)no1. The lowest BCUT2D eigenvalue weighted by molar-refractivity contribution is -0.135. The number of hydrogen-bond donors (Lipinski definition) is 0. The molecule has 2 aromatic rings. The maximum atomic E-state index is 12.9. The van der Waals surface area contributed by atoms with Crippen LogP contribution in [0.3, 0.4) is 0 Å². The normalized spacial score (nSPS) is 17.5. The number of carbonyl (C=O) groups excluding carboxylic acids is 1. The Labute approximate surface area is 146 Å². The second-order valence-corrected chi connectivity index (χ2v) is 6.05. The molecule has 7 heteroatoms. The highest BCUT2D eigenvalue weighted by Crippen LogP contribution is 2.30. The minimum absolute atomic E-state index is 0.115. The van der Waals surface area contributed by atoms with E-state index in [9.17, 15) is 9.18 Å². The van der Waals surface area contributed by atoms with E-state index in [1.807, 2.05) is 11.8 Å². The van der Waals surface area contributed by atoms with Crippen LogP contribution in [-0.2, 0) is 11.2 Å². The molecule has 0 N–H and O–H groups in total. The maximum absolute atomic E-state index is 12.9. The molecule has 1 aliphatic heterocycles. The first-order chi connectivity index (χ1) is 12.2. The van der Waals surface area contributed by atoms with Crippen molar-refractivity contribution in [1.82, 2.24) is 15.0 Å². The molecule has 1 aromatic heterocycles. The minimum atomic E-state index is -0.297. The van der Waals surface area contributed by atoms with E-state index in [1.165, 1.54) is 12.1 Å². The quantitative estimate of drug-likeness (QED) is 0.802. The van der Waals surface area contributed by atoms with Gasteiger partial charge in [0, 0.05) is 19.4 Å². The topological polar surface area (TPSA) is 68.5 Å². The number of rotatable bonds is 6. The van der Waals surface area contributed by atoms with Gasteiger partial charge >= 0.3 is 0 Å². The van der Waals surface area contributed by atoms with E-state index in [4.69, 9.17) is 9.26 Å². The van der Waals surface area contributed by atoms with Gasteiger partial charge in [-0.2, -0.15) is 4.98 Å².